The molecule has 0 saturated carbocycles. The number of nitriles is 1. The lowest BCUT2D eigenvalue weighted by Crippen LogP contribution is -1.94. The number of ether oxygens (including phenoxy) is 1. The van der Waals surface area contributed by atoms with E-state index in [2.05, 4.69) is 4.98 Å². The van der Waals surface area contributed by atoms with Gasteiger partial charge < -0.3 is 4.74 Å². The number of aromatic nitrogens is 1. The quantitative estimate of drug-likeness (QED) is 0.826. The van der Waals surface area contributed by atoms with Crippen LogP contribution in [-0.2, 0) is 0 Å². The summed E-state index contributed by atoms with van der Waals surface area (Å²) < 4.78 is 18.3. The molecule has 0 saturated heterocycles. The van der Waals surface area contributed by atoms with Gasteiger partial charge in [-0.1, -0.05) is 11.6 Å². The molecule has 1 aromatic heterocycles. The lowest BCUT2D eigenvalue weighted by atomic mass is 10.2. The second-order valence-electron chi connectivity index (χ2n) is 3.60. The van der Waals surface area contributed by atoms with Crippen LogP contribution in [0.25, 0.3) is 0 Å². The van der Waals surface area contributed by atoms with Gasteiger partial charge in [0.25, 0.3) is 0 Å². The molecule has 3 nitrogen and oxygen atoms in total. The molecule has 0 aliphatic heterocycles. The van der Waals surface area contributed by atoms with Crippen LogP contribution in [0.3, 0.4) is 0 Å². The van der Waals surface area contributed by atoms with Crippen LogP contribution in [0.1, 0.15) is 11.1 Å². The van der Waals surface area contributed by atoms with Gasteiger partial charge in [0.1, 0.15) is 23.2 Å². The van der Waals surface area contributed by atoms with E-state index in [9.17, 15) is 4.39 Å². The molecular weight excluding hydrogens is 255 g/mol. The monoisotopic (exact) mass is 262 g/mol. The zero-order valence-corrected chi connectivity index (χ0v) is 10.2. The highest BCUT2D eigenvalue weighted by Gasteiger charge is 2.11. The number of hydrogen-bond acceptors (Lipinski definition) is 3. The highest BCUT2D eigenvalue weighted by molar-refractivity contribution is 6.32. The van der Waals surface area contributed by atoms with Crippen LogP contribution >= 0.6 is 11.6 Å². The fourth-order valence-electron chi connectivity index (χ4n) is 1.41. The Morgan fingerprint density at radius 2 is 2.17 bits per heavy atom. The minimum absolute atomic E-state index is 0.127. The standard InChI is InChI=1S/C13H8ClFN2O/c1-8-4-5-17-13(10(8)7-16)18-12-3-2-9(15)6-11(12)14/h2-6H,1H3. The molecule has 0 unspecified atom stereocenters. The molecule has 2 rings (SSSR count). The Morgan fingerprint density at radius 1 is 1.39 bits per heavy atom. The summed E-state index contributed by atoms with van der Waals surface area (Å²) in [7, 11) is 0. The summed E-state index contributed by atoms with van der Waals surface area (Å²) in [6, 6.07) is 7.47. The van der Waals surface area contributed by atoms with Crippen molar-refractivity contribution in [3.05, 3.63) is 52.4 Å². The average molecular weight is 263 g/mol. The summed E-state index contributed by atoms with van der Waals surface area (Å²) >= 11 is 5.84. The zero-order chi connectivity index (χ0) is 13.1. The Balaban J connectivity index is 2.41. The van der Waals surface area contributed by atoms with Gasteiger partial charge in [-0.25, -0.2) is 9.37 Å². The molecule has 0 radical (unpaired) electrons. The van der Waals surface area contributed by atoms with Crippen molar-refractivity contribution in [1.82, 2.24) is 4.98 Å². The van der Waals surface area contributed by atoms with Crippen LogP contribution in [0, 0.1) is 24.1 Å². The van der Waals surface area contributed by atoms with Gasteiger partial charge in [-0.3, -0.25) is 0 Å². The predicted molar refractivity (Wildman–Crippen MR) is 65.2 cm³/mol. The number of aryl methyl sites for hydroxylation is 1. The minimum Gasteiger partial charge on any atom is -0.436 e. The van der Waals surface area contributed by atoms with Gasteiger partial charge in [0.2, 0.25) is 5.88 Å². The van der Waals surface area contributed by atoms with Gasteiger partial charge in [0, 0.05) is 6.20 Å². The second kappa shape index (κ2) is 5.03. The summed E-state index contributed by atoms with van der Waals surface area (Å²) in [5, 5.41) is 9.15. The Kier molecular flexibility index (Phi) is 3.45. The van der Waals surface area contributed by atoms with E-state index in [1.54, 1.807) is 13.0 Å². The van der Waals surface area contributed by atoms with Crippen molar-refractivity contribution in [3.8, 4) is 17.7 Å². The lowest BCUT2D eigenvalue weighted by Gasteiger charge is -2.08. The molecule has 90 valence electrons. The SMILES string of the molecule is Cc1ccnc(Oc2ccc(F)cc2Cl)c1C#N. The molecule has 2 aromatic rings. The van der Waals surface area contributed by atoms with E-state index in [1.165, 1.54) is 18.3 Å². The number of benzene rings is 1. The van der Waals surface area contributed by atoms with Crippen LogP contribution in [0.5, 0.6) is 11.6 Å². The van der Waals surface area contributed by atoms with E-state index in [4.69, 9.17) is 21.6 Å². The van der Waals surface area contributed by atoms with Gasteiger partial charge in [-0.2, -0.15) is 5.26 Å². The third kappa shape index (κ3) is 2.41. The van der Waals surface area contributed by atoms with Gasteiger partial charge in [-0.15, -0.1) is 0 Å². The van der Waals surface area contributed by atoms with Crippen LogP contribution in [-0.4, -0.2) is 4.98 Å². The maximum absolute atomic E-state index is 12.9. The third-order valence-corrected chi connectivity index (χ3v) is 2.63. The summed E-state index contributed by atoms with van der Waals surface area (Å²) in [5.74, 6) is -0.0382. The largest absolute Gasteiger partial charge is 0.436 e. The minimum atomic E-state index is -0.454. The Morgan fingerprint density at radius 3 is 2.83 bits per heavy atom. The van der Waals surface area contributed by atoms with Crippen LogP contribution in [0.15, 0.2) is 30.5 Å². The first kappa shape index (κ1) is 12.3. The first-order valence-electron chi connectivity index (χ1n) is 5.10. The zero-order valence-electron chi connectivity index (χ0n) is 9.45. The van der Waals surface area contributed by atoms with E-state index in [-0.39, 0.29) is 16.7 Å². The molecule has 1 aromatic carbocycles. The maximum atomic E-state index is 12.9. The summed E-state index contributed by atoms with van der Waals surface area (Å²) in [6.07, 6.45) is 1.53. The number of pyridine rings is 1. The van der Waals surface area contributed by atoms with E-state index in [1.807, 2.05) is 6.07 Å². The molecule has 0 aliphatic carbocycles. The normalized spacial score (nSPS) is 9.89. The van der Waals surface area contributed by atoms with E-state index in [0.717, 1.165) is 11.6 Å². The number of rotatable bonds is 2. The van der Waals surface area contributed by atoms with E-state index in [0.29, 0.717) is 5.56 Å². The summed E-state index contributed by atoms with van der Waals surface area (Å²) in [6.45, 7) is 1.78. The van der Waals surface area contributed by atoms with Crippen molar-refractivity contribution < 1.29 is 9.13 Å². The second-order valence-corrected chi connectivity index (χ2v) is 4.00. The smallest absolute Gasteiger partial charge is 0.237 e. The molecule has 0 N–H and O–H groups in total. The molecule has 0 spiro atoms. The average Bonchev–Trinajstić information content (AvgIpc) is 2.33. The maximum Gasteiger partial charge on any atom is 0.237 e. The van der Waals surface area contributed by atoms with Gasteiger partial charge in [0.05, 0.1) is 5.02 Å². The molecule has 0 bridgehead atoms. The van der Waals surface area contributed by atoms with Crippen molar-refractivity contribution >= 4 is 11.6 Å². The predicted octanol–water partition coefficient (Wildman–Crippen LogP) is 3.85. The van der Waals surface area contributed by atoms with E-state index >= 15 is 0 Å². The van der Waals surface area contributed by atoms with Gasteiger partial charge >= 0.3 is 0 Å². The first-order chi connectivity index (χ1) is 8.61. The van der Waals surface area contributed by atoms with Crippen LogP contribution < -0.4 is 4.74 Å². The molecule has 0 atom stereocenters. The summed E-state index contributed by atoms with van der Waals surface area (Å²) in [5.41, 5.74) is 1.08. The topological polar surface area (TPSA) is 45.9 Å². The Labute approximate surface area is 108 Å². The van der Waals surface area contributed by atoms with Crippen molar-refractivity contribution in [2.45, 2.75) is 6.92 Å². The van der Waals surface area contributed by atoms with Crippen molar-refractivity contribution in [1.29, 1.82) is 5.26 Å². The molecule has 0 aliphatic rings. The van der Waals surface area contributed by atoms with Crippen LogP contribution in [0.2, 0.25) is 5.02 Å². The molecule has 0 amide bonds. The van der Waals surface area contributed by atoms with Gasteiger partial charge in [0.15, 0.2) is 0 Å². The molecule has 18 heavy (non-hydrogen) atoms. The molecular formula is C13H8ClFN2O. The van der Waals surface area contributed by atoms with Crippen LogP contribution in [0.4, 0.5) is 4.39 Å². The number of hydrogen-bond donors (Lipinski definition) is 0. The van der Waals surface area contributed by atoms with Crippen molar-refractivity contribution in [3.63, 3.8) is 0 Å². The summed E-state index contributed by atoms with van der Waals surface area (Å²) in [4.78, 5) is 3.97. The fourth-order valence-corrected chi connectivity index (χ4v) is 1.61. The molecule has 0 fully saturated rings. The fraction of sp³-hybridized carbons (Fsp3) is 0.0769. The first-order valence-corrected chi connectivity index (χ1v) is 5.48. The highest BCUT2D eigenvalue weighted by atomic mass is 35.5. The molecule has 5 heteroatoms. The number of nitrogens with zero attached hydrogens (tertiary/aromatic N) is 2. The Bertz CT molecular complexity index is 637. The third-order valence-electron chi connectivity index (χ3n) is 2.34. The Hall–Kier alpha value is -2.12. The van der Waals surface area contributed by atoms with Gasteiger partial charge in [-0.05, 0) is 36.8 Å². The number of halogens is 2. The molecule has 1 heterocycles. The lowest BCUT2D eigenvalue weighted by molar-refractivity contribution is 0.459. The highest BCUT2D eigenvalue weighted by Crippen LogP contribution is 2.30. The van der Waals surface area contributed by atoms with E-state index < -0.39 is 5.82 Å². The van der Waals surface area contributed by atoms with Crippen molar-refractivity contribution in [2.75, 3.05) is 0 Å². The van der Waals surface area contributed by atoms with Crippen molar-refractivity contribution in [2.24, 2.45) is 0 Å².